The Hall–Kier alpha value is -3.45. The molecule has 0 fully saturated rings. The second-order valence-corrected chi connectivity index (χ2v) is 7.06. The second kappa shape index (κ2) is 7.52. The maximum absolute atomic E-state index is 13.1. The van der Waals surface area contributed by atoms with Crippen molar-refractivity contribution < 1.29 is 8.91 Å². The highest BCUT2D eigenvalue weighted by Crippen LogP contribution is 2.24. The highest BCUT2D eigenvalue weighted by molar-refractivity contribution is 5.57. The first-order valence-corrected chi connectivity index (χ1v) is 9.44. The Morgan fingerprint density at radius 1 is 1.07 bits per heavy atom. The molecule has 4 heterocycles. The van der Waals surface area contributed by atoms with Crippen molar-refractivity contribution in [3.8, 4) is 22.7 Å². The Morgan fingerprint density at radius 3 is 2.79 bits per heavy atom. The molecule has 0 saturated heterocycles. The van der Waals surface area contributed by atoms with E-state index in [2.05, 4.69) is 20.0 Å². The normalized spacial score (nSPS) is 14.0. The third kappa shape index (κ3) is 3.77. The van der Waals surface area contributed by atoms with Gasteiger partial charge in [0.15, 0.2) is 11.6 Å². The molecule has 1 aliphatic heterocycles. The summed E-state index contributed by atoms with van der Waals surface area (Å²) in [6, 6.07) is 12.0. The van der Waals surface area contributed by atoms with Gasteiger partial charge < -0.3 is 4.52 Å². The largest absolute Gasteiger partial charge is 0.356 e. The van der Waals surface area contributed by atoms with E-state index in [4.69, 9.17) is 9.51 Å². The van der Waals surface area contributed by atoms with Gasteiger partial charge in [0.25, 0.3) is 0 Å². The number of fused-ring (bicyclic) bond motifs is 1. The van der Waals surface area contributed by atoms with Crippen molar-refractivity contribution in [2.45, 2.75) is 19.5 Å². The maximum Gasteiger partial charge on any atom is 0.167 e. The highest BCUT2D eigenvalue weighted by Gasteiger charge is 2.20. The lowest BCUT2D eigenvalue weighted by molar-refractivity contribution is 0.235. The summed E-state index contributed by atoms with van der Waals surface area (Å²) in [5.74, 6) is 1.09. The van der Waals surface area contributed by atoms with Gasteiger partial charge in [-0.3, -0.25) is 9.88 Å². The summed E-state index contributed by atoms with van der Waals surface area (Å²) in [6.45, 7) is 2.32. The molecule has 0 unspecified atom stereocenters. The minimum Gasteiger partial charge on any atom is -0.356 e. The van der Waals surface area contributed by atoms with E-state index in [9.17, 15) is 4.39 Å². The van der Waals surface area contributed by atoms with Crippen LogP contribution in [0.4, 0.5) is 4.39 Å². The lowest BCUT2D eigenvalue weighted by Gasteiger charge is -2.27. The topological polar surface area (TPSA) is 67.9 Å². The van der Waals surface area contributed by atoms with E-state index in [-0.39, 0.29) is 5.82 Å². The van der Waals surface area contributed by atoms with Crippen molar-refractivity contribution in [3.63, 3.8) is 0 Å². The fourth-order valence-corrected chi connectivity index (χ4v) is 3.51. The first kappa shape index (κ1) is 17.6. The van der Waals surface area contributed by atoms with Gasteiger partial charge in [-0.1, -0.05) is 5.16 Å². The van der Waals surface area contributed by atoms with Gasteiger partial charge in [0.05, 0.1) is 11.4 Å². The van der Waals surface area contributed by atoms with Crippen molar-refractivity contribution in [2.75, 3.05) is 6.54 Å². The number of hydrogen-bond donors (Lipinski definition) is 0. The molecule has 4 aromatic rings. The number of hydrogen-bond acceptors (Lipinski definition) is 6. The molecule has 0 spiro atoms. The Kier molecular flexibility index (Phi) is 4.57. The summed E-state index contributed by atoms with van der Waals surface area (Å²) in [5.41, 5.74) is 4.80. The molecule has 1 aromatic carbocycles. The number of halogens is 1. The summed E-state index contributed by atoms with van der Waals surface area (Å²) in [7, 11) is 0. The zero-order chi connectivity index (χ0) is 19.6. The van der Waals surface area contributed by atoms with Gasteiger partial charge in [-0.2, -0.15) is 0 Å². The molecule has 29 heavy (non-hydrogen) atoms. The fourth-order valence-electron chi connectivity index (χ4n) is 3.51. The summed E-state index contributed by atoms with van der Waals surface area (Å²) < 4.78 is 18.5. The lowest BCUT2D eigenvalue weighted by Crippen LogP contribution is -2.31. The van der Waals surface area contributed by atoms with Crippen LogP contribution in [0.3, 0.4) is 0 Å². The minimum absolute atomic E-state index is 0.269. The summed E-state index contributed by atoms with van der Waals surface area (Å²) in [5, 5.41) is 4.17. The van der Waals surface area contributed by atoms with Crippen LogP contribution in [0.25, 0.3) is 22.7 Å². The third-order valence-electron chi connectivity index (χ3n) is 5.01. The molecule has 0 saturated carbocycles. The van der Waals surface area contributed by atoms with Gasteiger partial charge in [0, 0.05) is 67.4 Å². The van der Waals surface area contributed by atoms with Crippen LogP contribution in [0.1, 0.15) is 17.0 Å². The fraction of sp³-hybridized carbons (Fsp3) is 0.182. The molecule has 144 valence electrons. The molecule has 7 heteroatoms. The molecule has 5 rings (SSSR count). The van der Waals surface area contributed by atoms with Gasteiger partial charge in [0.1, 0.15) is 5.82 Å². The molecule has 3 aromatic heterocycles. The van der Waals surface area contributed by atoms with Crippen LogP contribution in [0, 0.1) is 5.82 Å². The van der Waals surface area contributed by atoms with Crippen molar-refractivity contribution in [1.29, 1.82) is 0 Å². The van der Waals surface area contributed by atoms with Crippen LogP contribution in [-0.4, -0.2) is 31.6 Å². The predicted molar refractivity (Wildman–Crippen MR) is 105 cm³/mol. The number of rotatable bonds is 4. The van der Waals surface area contributed by atoms with E-state index < -0.39 is 0 Å². The molecule has 0 N–H and O–H groups in total. The second-order valence-electron chi connectivity index (χ2n) is 7.06. The van der Waals surface area contributed by atoms with E-state index in [1.165, 1.54) is 12.1 Å². The Bertz CT molecular complexity index is 1130. The molecular weight excluding hydrogens is 369 g/mol. The lowest BCUT2D eigenvalue weighted by atomic mass is 10.1. The first-order valence-electron chi connectivity index (χ1n) is 9.44. The van der Waals surface area contributed by atoms with Crippen molar-refractivity contribution in [3.05, 3.63) is 83.8 Å². The average Bonchev–Trinajstić information content (AvgIpc) is 3.23. The van der Waals surface area contributed by atoms with Crippen LogP contribution in [0.15, 0.2) is 65.6 Å². The van der Waals surface area contributed by atoms with Gasteiger partial charge >= 0.3 is 0 Å². The monoisotopic (exact) mass is 387 g/mol. The zero-order valence-corrected chi connectivity index (χ0v) is 15.6. The molecule has 6 nitrogen and oxygen atoms in total. The van der Waals surface area contributed by atoms with E-state index in [0.29, 0.717) is 18.1 Å². The third-order valence-corrected chi connectivity index (χ3v) is 5.01. The Labute approximate surface area is 167 Å². The van der Waals surface area contributed by atoms with Crippen LogP contribution in [-0.2, 0) is 19.5 Å². The van der Waals surface area contributed by atoms with Crippen LogP contribution in [0.2, 0.25) is 0 Å². The van der Waals surface area contributed by atoms with Crippen LogP contribution in [0.5, 0.6) is 0 Å². The summed E-state index contributed by atoms with van der Waals surface area (Å²) in [4.78, 5) is 15.7. The Morgan fingerprint density at radius 2 is 1.97 bits per heavy atom. The van der Waals surface area contributed by atoms with E-state index in [1.54, 1.807) is 24.5 Å². The standard InChI is InChI=1S/C22H18FN5O/c23-18-5-3-15(4-6-18)21-10-19(27-29-21)14-28-9-7-20-17(13-28)12-25-22(26-20)16-2-1-8-24-11-16/h1-6,8,10-12H,7,9,13-14H2. The van der Waals surface area contributed by atoms with Crippen LogP contribution < -0.4 is 0 Å². The molecule has 0 amide bonds. The molecule has 1 aliphatic rings. The maximum atomic E-state index is 13.1. The van der Waals surface area contributed by atoms with Gasteiger partial charge in [-0.15, -0.1) is 0 Å². The van der Waals surface area contributed by atoms with Gasteiger partial charge in [-0.25, -0.2) is 14.4 Å². The minimum atomic E-state index is -0.269. The van der Waals surface area contributed by atoms with E-state index >= 15 is 0 Å². The van der Waals surface area contributed by atoms with Gasteiger partial charge in [-0.05, 0) is 36.4 Å². The van der Waals surface area contributed by atoms with Crippen molar-refractivity contribution >= 4 is 0 Å². The smallest absolute Gasteiger partial charge is 0.167 e. The average molecular weight is 387 g/mol. The molecule has 0 aliphatic carbocycles. The first-order chi connectivity index (χ1) is 14.2. The SMILES string of the molecule is Fc1ccc(-c2cc(CN3CCc4nc(-c5cccnc5)ncc4C3)no2)cc1. The van der Waals surface area contributed by atoms with Gasteiger partial charge in [0.2, 0.25) is 0 Å². The quantitative estimate of drug-likeness (QED) is 0.529. The molecular formula is C22H18FN5O. The number of aromatic nitrogens is 4. The Balaban J connectivity index is 1.29. The van der Waals surface area contributed by atoms with E-state index in [1.807, 2.05) is 24.4 Å². The molecule has 0 radical (unpaired) electrons. The number of benzene rings is 1. The molecule has 0 bridgehead atoms. The van der Waals surface area contributed by atoms with E-state index in [0.717, 1.165) is 47.6 Å². The highest BCUT2D eigenvalue weighted by atomic mass is 19.1. The number of nitrogens with zero attached hydrogens (tertiary/aromatic N) is 5. The van der Waals surface area contributed by atoms with Crippen LogP contribution >= 0.6 is 0 Å². The predicted octanol–water partition coefficient (Wildman–Crippen LogP) is 3.89. The zero-order valence-electron chi connectivity index (χ0n) is 15.6. The number of pyridine rings is 1. The summed E-state index contributed by atoms with van der Waals surface area (Å²) in [6.07, 6.45) is 6.28. The summed E-state index contributed by atoms with van der Waals surface area (Å²) >= 11 is 0. The molecule has 0 atom stereocenters. The van der Waals surface area contributed by atoms with Crippen molar-refractivity contribution in [1.82, 2.24) is 25.0 Å². The van der Waals surface area contributed by atoms with Crippen molar-refractivity contribution in [2.24, 2.45) is 0 Å².